The van der Waals surface area contributed by atoms with E-state index in [1.165, 1.54) is 5.56 Å². The van der Waals surface area contributed by atoms with Gasteiger partial charge in [-0.15, -0.1) is 0 Å². The number of ether oxygens (including phenoxy) is 4. The minimum absolute atomic E-state index is 0.00365. The Labute approximate surface area is 152 Å². The van der Waals surface area contributed by atoms with Crippen LogP contribution in [0.3, 0.4) is 0 Å². The number of carbonyl (C=O) groups is 1. The zero-order valence-electron chi connectivity index (χ0n) is 14.6. The average molecular weight is 355 g/mol. The zero-order valence-corrected chi connectivity index (χ0v) is 14.6. The fourth-order valence-corrected chi connectivity index (χ4v) is 3.35. The van der Waals surface area contributed by atoms with E-state index in [4.69, 9.17) is 18.9 Å². The molecule has 0 radical (unpaired) electrons. The third-order valence-electron chi connectivity index (χ3n) is 4.81. The first-order valence-corrected chi connectivity index (χ1v) is 8.67. The number of likely N-dealkylation sites (tertiary alicyclic amines) is 1. The Bertz CT molecular complexity index is 807. The van der Waals surface area contributed by atoms with Gasteiger partial charge in [-0.1, -0.05) is 12.1 Å². The molecule has 2 aliphatic heterocycles. The molecule has 1 saturated heterocycles. The first kappa shape index (κ1) is 16.6. The summed E-state index contributed by atoms with van der Waals surface area (Å²) in [5, 5.41) is 0. The number of nitrogens with zero attached hydrogens (tertiary/aromatic N) is 1. The van der Waals surface area contributed by atoms with Gasteiger partial charge in [0.05, 0.1) is 7.11 Å². The van der Waals surface area contributed by atoms with Crippen LogP contribution in [-0.2, 0) is 4.79 Å². The van der Waals surface area contributed by atoms with E-state index in [9.17, 15) is 4.79 Å². The summed E-state index contributed by atoms with van der Waals surface area (Å²) in [5.74, 6) is 3.21. The van der Waals surface area contributed by atoms with E-state index in [2.05, 4.69) is 6.07 Å². The Balaban J connectivity index is 1.33. The molecule has 0 spiro atoms. The van der Waals surface area contributed by atoms with E-state index >= 15 is 0 Å². The fourth-order valence-electron chi connectivity index (χ4n) is 3.35. The summed E-state index contributed by atoms with van der Waals surface area (Å²) >= 11 is 0. The molecule has 1 fully saturated rings. The van der Waals surface area contributed by atoms with Crippen LogP contribution in [0.15, 0.2) is 42.5 Å². The van der Waals surface area contributed by atoms with Crippen molar-refractivity contribution in [3.05, 3.63) is 48.0 Å². The predicted octanol–water partition coefficient (Wildman–Crippen LogP) is 2.82. The number of hydrogen-bond donors (Lipinski definition) is 0. The van der Waals surface area contributed by atoms with Crippen molar-refractivity contribution in [2.24, 2.45) is 0 Å². The van der Waals surface area contributed by atoms with Crippen molar-refractivity contribution < 1.29 is 23.7 Å². The molecule has 1 atom stereocenters. The minimum atomic E-state index is -0.00365. The molecule has 2 aromatic rings. The van der Waals surface area contributed by atoms with Crippen LogP contribution in [0.4, 0.5) is 0 Å². The highest BCUT2D eigenvalue weighted by Gasteiger charge is 2.28. The molecule has 26 heavy (non-hydrogen) atoms. The van der Waals surface area contributed by atoms with Gasteiger partial charge in [-0.05, 0) is 36.2 Å². The fraction of sp³-hybridized carbons (Fsp3) is 0.350. The molecule has 0 N–H and O–H groups in total. The number of methoxy groups -OCH3 is 1. The predicted molar refractivity (Wildman–Crippen MR) is 95.0 cm³/mol. The normalized spacial score (nSPS) is 18.0. The van der Waals surface area contributed by atoms with Gasteiger partial charge in [0.2, 0.25) is 6.79 Å². The van der Waals surface area contributed by atoms with E-state index in [1.54, 1.807) is 13.2 Å². The Morgan fingerprint density at radius 1 is 1.15 bits per heavy atom. The largest absolute Gasteiger partial charge is 0.497 e. The third kappa shape index (κ3) is 3.40. The van der Waals surface area contributed by atoms with E-state index in [0.717, 1.165) is 24.5 Å². The molecule has 2 aliphatic rings. The van der Waals surface area contributed by atoms with E-state index in [1.807, 2.05) is 35.2 Å². The molecule has 1 amide bonds. The minimum Gasteiger partial charge on any atom is -0.497 e. The van der Waals surface area contributed by atoms with E-state index in [-0.39, 0.29) is 19.3 Å². The monoisotopic (exact) mass is 355 g/mol. The van der Waals surface area contributed by atoms with Crippen LogP contribution in [0.25, 0.3) is 0 Å². The molecule has 2 aromatic carbocycles. The molecule has 4 rings (SSSR count). The lowest BCUT2D eigenvalue weighted by Crippen LogP contribution is -2.32. The van der Waals surface area contributed by atoms with Gasteiger partial charge in [0, 0.05) is 25.1 Å². The Kier molecular flexibility index (Phi) is 4.56. The first-order chi connectivity index (χ1) is 12.7. The van der Waals surface area contributed by atoms with Gasteiger partial charge >= 0.3 is 0 Å². The molecule has 0 saturated carbocycles. The Hall–Kier alpha value is -2.89. The zero-order chi connectivity index (χ0) is 17.9. The molecular formula is C20H21NO5. The van der Waals surface area contributed by atoms with Crippen LogP contribution in [0, 0.1) is 0 Å². The van der Waals surface area contributed by atoms with Crippen molar-refractivity contribution in [2.75, 3.05) is 33.6 Å². The summed E-state index contributed by atoms with van der Waals surface area (Å²) in [5.41, 5.74) is 1.18. The Morgan fingerprint density at radius 3 is 2.88 bits per heavy atom. The molecule has 2 heterocycles. The average Bonchev–Trinajstić information content (AvgIpc) is 3.35. The molecule has 0 aromatic heterocycles. The number of benzene rings is 2. The maximum atomic E-state index is 12.5. The van der Waals surface area contributed by atoms with Gasteiger partial charge < -0.3 is 23.8 Å². The van der Waals surface area contributed by atoms with Crippen molar-refractivity contribution in [2.45, 2.75) is 12.3 Å². The van der Waals surface area contributed by atoms with Crippen molar-refractivity contribution in [3.8, 4) is 23.0 Å². The van der Waals surface area contributed by atoms with Crippen LogP contribution < -0.4 is 18.9 Å². The molecule has 1 unspecified atom stereocenters. The van der Waals surface area contributed by atoms with Gasteiger partial charge in [-0.2, -0.15) is 0 Å². The number of fused-ring (bicyclic) bond motifs is 1. The topological polar surface area (TPSA) is 57.2 Å². The summed E-state index contributed by atoms with van der Waals surface area (Å²) in [6.07, 6.45) is 0.935. The van der Waals surface area contributed by atoms with Crippen molar-refractivity contribution >= 4 is 5.91 Å². The summed E-state index contributed by atoms with van der Waals surface area (Å²) in [6.45, 7) is 1.73. The smallest absolute Gasteiger partial charge is 0.260 e. The highest BCUT2D eigenvalue weighted by molar-refractivity contribution is 5.78. The second-order valence-electron chi connectivity index (χ2n) is 6.41. The molecular weight excluding hydrogens is 334 g/mol. The van der Waals surface area contributed by atoms with Crippen molar-refractivity contribution in [1.29, 1.82) is 0 Å². The van der Waals surface area contributed by atoms with Crippen LogP contribution in [0.1, 0.15) is 17.9 Å². The van der Waals surface area contributed by atoms with Crippen LogP contribution in [0.5, 0.6) is 23.0 Å². The lowest BCUT2D eigenvalue weighted by molar-refractivity contribution is -0.132. The summed E-state index contributed by atoms with van der Waals surface area (Å²) < 4.78 is 21.6. The van der Waals surface area contributed by atoms with E-state index in [0.29, 0.717) is 24.0 Å². The van der Waals surface area contributed by atoms with Gasteiger partial charge in [-0.3, -0.25) is 4.79 Å². The summed E-state index contributed by atoms with van der Waals surface area (Å²) in [4.78, 5) is 14.3. The summed E-state index contributed by atoms with van der Waals surface area (Å²) in [6, 6.07) is 13.3. The lowest BCUT2D eigenvalue weighted by Gasteiger charge is -2.17. The van der Waals surface area contributed by atoms with Crippen molar-refractivity contribution in [3.63, 3.8) is 0 Å². The highest BCUT2D eigenvalue weighted by Crippen LogP contribution is 2.37. The quantitative estimate of drug-likeness (QED) is 0.825. The van der Waals surface area contributed by atoms with Gasteiger partial charge in [-0.25, -0.2) is 0 Å². The van der Waals surface area contributed by atoms with Crippen LogP contribution in [-0.4, -0.2) is 44.4 Å². The molecule has 136 valence electrons. The second-order valence-corrected chi connectivity index (χ2v) is 6.41. The molecule has 6 nitrogen and oxygen atoms in total. The Morgan fingerprint density at radius 2 is 2.00 bits per heavy atom. The molecule has 0 aliphatic carbocycles. The third-order valence-corrected chi connectivity index (χ3v) is 4.81. The maximum Gasteiger partial charge on any atom is 0.260 e. The number of hydrogen-bond acceptors (Lipinski definition) is 5. The molecule has 6 heteroatoms. The van der Waals surface area contributed by atoms with Gasteiger partial charge in [0.15, 0.2) is 18.1 Å². The molecule has 0 bridgehead atoms. The van der Waals surface area contributed by atoms with Gasteiger partial charge in [0.25, 0.3) is 5.91 Å². The van der Waals surface area contributed by atoms with Crippen LogP contribution in [0.2, 0.25) is 0 Å². The van der Waals surface area contributed by atoms with Crippen molar-refractivity contribution in [1.82, 2.24) is 4.90 Å². The first-order valence-electron chi connectivity index (χ1n) is 8.67. The summed E-state index contributed by atoms with van der Waals surface area (Å²) in [7, 11) is 1.60. The number of rotatable bonds is 5. The van der Waals surface area contributed by atoms with Crippen LogP contribution >= 0.6 is 0 Å². The standard InChI is InChI=1S/C20H21NO5/c1-23-16-3-2-4-17(10-16)24-12-20(22)21-8-7-15(11-21)14-5-6-18-19(9-14)26-13-25-18/h2-6,9-10,15H,7-8,11-13H2,1H3. The highest BCUT2D eigenvalue weighted by atomic mass is 16.7. The second kappa shape index (κ2) is 7.15. The maximum absolute atomic E-state index is 12.5. The van der Waals surface area contributed by atoms with Gasteiger partial charge in [0.1, 0.15) is 11.5 Å². The number of carbonyl (C=O) groups excluding carboxylic acids is 1. The number of amides is 1. The lowest BCUT2D eigenvalue weighted by atomic mass is 9.98. The SMILES string of the molecule is COc1cccc(OCC(=O)N2CCC(c3ccc4c(c3)OCO4)C2)c1. The van der Waals surface area contributed by atoms with E-state index < -0.39 is 0 Å².